The fourth-order valence-electron chi connectivity index (χ4n) is 3.69. The number of hydroxylamine groups is 4. The van der Waals surface area contributed by atoms with Gasteiger partial charge in [-0.25, -0.2) is 19.6 Å². The first kappa shape index (κ1) is 42.6. The van der Waals surface area contributed by atoms with Crippen molar-refractivity contribution in [1.82, 2.24) is 20.1 Å². The molecule has 278 valence electrons. The number of rotatable bonds is 13. The molecule has 0 aliphatic carbocycles. The fraction of sp³-hybridized carbons (Fsp3) is 0.290. The van der Waals surface area contributed by atoms with Crippen LogP contribution in [0.4, 0.5) is 0 Å². The van der Waals surface area contributed by atoms with E-state index >= 15 is 0 Å². The predicted octanol–water partition coefficient (Wildman–Crippen LogP) is 7.68. The highest BCUT2D eigenvalue weighted by molar-refractivity contribution is 8.77. The monoisotopic (exact) mass is 880 g/mol. The van der Waals surface area contributed by atoms with E-state index in [0.717, 1.165) is 15.6 Å². The Kier molecular flexibility index (Phi) is 21.8. The molecule has 0 saturated carbocycles. The summed E-state index contributed by atoms with van der Waals surface area (Å²) in [6, 6.07) is 18.3. The van der Waals surface area contributed by atoms with Crippen molar-refractivity contribution in [2.75, 3.05) is 12.0 Å². The normalized spacial score (nSPS) is 14.9. The van der Waals surface area contributed by atoms with Gasteiger partial charge in [-0.2, -0.15) is 0 Å². The molecule has 2 saturated heterocycles. The highest BCUT2D eigenvalue weighted by Gasteiger charge is 2.34. The van der Waals surface area contributed by atoms with Crippen LogP contribution in [0.15, 0.2) is 83.1 Å². The van der Waals surface area contributed by atoms with Crippen LogP contribution in [0.2, 0.25) is 0 Å². The third-order valence-corrected chi connectivity index (χ3v) is 11.1. The summed E-state index contributed by atoms with van der Waals surface area (Å²) in [4.78, 5) is 87.1. The van der Waals surface area contributed by atoms with Gasteiger partial charge in [0.1, 0.15) is 10.1 Å². The van der Waals surface area contributed by atoms with Crippen molar-refractivity contribution in [2.24, 2.45) is 0 Å². The van der Waals surface area contributed by atoms with Gasteiger partial charge >= 0.3 is 13.2 Å². The van der Waals surface area contributed by atoms with Crippen LogP contribution >= 0.6 is 78.9 Å². The lowest BCUT2D eigenvalue weighted by Gasteiger charge is -2.13. The van der Waals surface area contributed by atoms with Crippen LogP contribution in [0, 0.1) is 0 Å². The third-order valence-electron chi connectivity index (χ3n) is 6.08. The largest absolute Gasteiger partial charge is 0.363 e. The summed E-state index contributed by atoms with van der Waals surface area (Å²) in [5.41, 5.74) is 1.33. The molecule has 21 heteroatoms. The lowest BCUT2D eigenvalue weighted by atomic mass is 10.1. The summed E-state index contributed by atoms with van der Waals surface area (Å²) in [6.07, 6.45) is 5.87. The first-order chi connectivity index (χ1) is 25.9. The summed E-state index contributed by atoms with van der Waals surface area (Å²) in [6.45, 7) is 1.19. The molecule has 4 heterocycles. The smallest absolute Gasteiger partial charge is 0.330 e. The van der Waals surface area contributed by atoms with E-state index in [1.807, 2.05) is 54.8 Å². The van der Waals surface area contributed by atoms with Gasteiger partial charge in [0.15, 0.2) is 18.8 Å². The molecule has 0 spiro atoms. The Hall–Kier alpha value is -2.13. The number of benzene rings is 1. The number of carbonyl (C=O) groups is 6. The van der Waals surface area contributed by atoms with E-state index < -0.39 is 42.6 Å². The molecule has 0 radical (unpaired) electrons. The SMILES string of the molecule is CC(SSc1ccccn1)c1ccc(C(=O)ON2C(=O)CCC2=O)cc1.O=C(CCSSc1ccccn1)ON1C(=O)CCC1=O.[2H][P+](P)=S.[3H]PSC. The Morgan fingerprint density at radius 2 is 1.38 bits per heavy atom. The number of pyridine rings is 2. The molecule has 4 unspecified atom stereocenters. The molecule has 4 atom stereocenters. The Morgan fingerprint density at radius 1 is 0.904 bits per heavy atom. The summed E-state index contributed by atoms with van der Waals surface area (Å²) in [5, 5.41) is 3.10. The van der Waals surface area contributed by atoms with Gasteiger partial charge in [0.05, 0.1) is 22.2 Å². The first-order valence-corrected chi connectivity index (χ1v) is 25.5. The number of carbonyl (C=O) groups excluding carboxylic acids is 6. The number of aromatic nitrogens is 2. The Balaban J connectivity index is 0.000000319. The maximum absolute atomic E-state index is 12.1. The second-order valence-corrected chi connectivity index (χ2v) is 19.1. The quantitative estimate of drug-likeness (QED) is 0.0713. The van der Waals surface area contributed by atoms with Gasteiger partial charge in [-0.1, -0.05) is 54.2 Å². The predicted molar refractivity (Wildman–Crippen MR) is 222 cm³/mol. The van der Waals surface area contributed by atoms with Crippen LogP contribution in [-0.4, -0.2) is 70.2 Å². The van der Waals surface area contributed by atoms with E-state index in [9.17, 15) is 28.8 Å². The van der Waals surface area contributed by atoms with Crippen molar-refractivity contribution in [3.8, 4) is 0 Å². The molecule has 2 fully saturated rings. The van der Waals surface area contributed by atoms with Gasteiger partial charge in [-0.15, -0.1) is 21.5 Å². The molecular formula is C31H36N4O8P3S6+. The lowest BCUT2D eigenvalue weighted by Crippen LogP contribution is -2.32. The van der Waals surface area contributed by atoms with Gasteiger partial charge in [-0.05, 0) is 76.7 Å². The number of amides is 4. The van der Waals surface area contributed by atoms with Crippen molar-refractivity contribution in [1.29, 1.82) is 2.56 Å². The van der Waals surface area contributed by atoms with Crippen molar-refractivity contribution in [3.05, 3.63) is 84.2 Å². The van der Waals surface area contributed by atoms with Gasteiger partial charge in [-0.3, -0.25) is 19.2 Å². The molecule has 4 amide bonds. The van der Waals surface area contributed by atoms with Crippen LogP contribution in [0.5, 0.6) is 0 Å². The average Bonchev–Trinajstić information content (AvgIpc) is 3.67. The second kappa shape index (κ2) is 26.6. The van der Waals surface area contributed by atoms with Crippen LogP contribution in [-0.2, 0) is 45.5 Å². The first-order valence-electron chi connectivity index (χ1n) is 15.9. The van der Waals surface area contributed by atoms with Crippen LogP contribution in [0.3, 0.4) is 0 Å². The molecule has 3 aromatic rings. The summed E-state index contributed by atoms with van der Waals surface area (Å²) < 4.78 is 12.9. The van der Waals surface area contributed by atoms with Crippen LogP contribution < -0.4 is 0 Å². The third kappa shape index (κ3) is 17.3. The molecule has 0 N–H and O–H groups in total. The number of imide groups is 2. The minimum atomic E-state index is -0.870. The van der Waals surface area contributed by atoms with Crippen molar-refractivity contribution in [2.45, 2.75) is 54.3 Å². The molecule has 0 bridgehead atoms. The topological polar surface area (TPSA) is 153 Å². The summed E-state index contributed by atoms with van der Waals surface area (Å²) in [7, 11) is 8.68. The highest BCUT2D eigenvalue weighted by atomic mass is 33.1. The Labute approximate surface area is 335 Å². The van der Waals surface area contributed by atoms with Crippen molar-refractivity contribution in [3.63, 3.8) is 0 Å². The average molecular weight is 881 g/mol. The van der Waals surface area contributed by atoms with Crippen molar-refractivity contribution >= 4 is 126 Å². The van der Waals surface area contributed by atoms with Crippen LogP contribution in [0.25, 0.3) is 0 Å². The van der Waals surface area contributed by atoms with E-state index in [1.165, 1.54) is 21.6 Å². The molecular weight excluding hydrogens is 842 g/mol. The van der Waals surface area contributed by atoms with E-state index in [0.29, 0.717) is 24.3 Å². The van der Waals surface area contributed by atoms with E-state index in [4.69, 9.17) is 12.2 Å². The minimum absolute atomic E-state index is 0.0771. The van der Waals surface area contributed by atoms with E-state index in [-0.39, 0.29) is 42.9 Å². The molecule has 1 aromatic carbocycles. The highest BCUT2D eigenvalue weighted by Crippen LogP contribution is 2.41. The molecule has 2 aliphatic rings. The van der Waals surface area contributed by atoms with Crippen molar-refractivity contribution < 1.29 is 38.4 Å². The zero-order valence-corrected chi connectivity index (χ0v) is 35.7. The molecule has 2 aromatic heterocycles. The van der Waals surface area contributed by atoms with Gasteiger partial charge < -0.3 is 9.68 Å². The van der Waals surface area contributed by atoms with E-state index in [1.54, 1.807) is 57.5 Å². The van der Waals surface area contributed by atoms with Gasteiger partial charge in [0.25, 0.3) is 23.6 Å². The fourth-order valence-corrected chi connectivity index (χ4v) is 7.64. The molecule has 52 heavy (non-hydrogen) atoms. The maximum atomic E-state index is 12.1. The van der Waals surface area contributed by atoms with Crippen LogP contribution in [0.1, 0.15) is 60.2 Å². The lowest BCUT2D eigenvalue weighted by molar-refractivity contribution is -0.197. The zero-order valence-electron chi connectivity index (χ0n) is 29.8. The number of hydrogen-bond donors (Lipinski definition) is 0. The second-order valence-electron chi connectivity index (χ2n) is 9.75. The zero-order chi connectivity index (χ0) is 39.9. The summed E-state index contributed by atoms with van der Waals surface area (Å²) in [5.74, 6) is -2.69. The van der Waals surface area contributed by atoms with E-state index in [2.05, 4.69) is 37.6 Å². The van der Waals surface area contributed by atoms with Gasteiger partial charge in [0, 0.05) is 49.1 Å². The summed E-state index contributed by atoms with van der Waals surface area (Å²) >= 11 is 5.87. The minimum Gasteiger partial charge on any atom is -0.330 e. The number of hydrogen-bond acceptors (Lipinski definition) is 16. The molecule has 12 nitrogen and oxygen atoms in total. The van der Waals surface area contributed by atoms with Gasteiger partial charge in [0.2, 0.25) is 0 Å². The maximum Gasteiger partial charge on any atom is 0.363 e. The standard InChI is InChI=1S/C18H16N2O4S2.C12H12N2O4S2.CH5PS.H2P2S/c1-12(25-26-15-4-2-3-11-19-15)13-5-7-14(8-6-13)18(23)24-20-16(21)9-10-17(20)22;15-10-4-5-11(16)14(10)18-12(17)6-8-19-20-9-3-1-2-7-13-9;1-3-2;1-2-3/h2-8,11-12H,9-10H2,1H3;1-3,7H,4-6,8H2;2H2,1H3;1H2/p+1/i;;2T;/hD. The Morgan fingerprint density at radius 3 is 1.85 bits per heavy atom. The molecule has 2 aliphatic heterocycles. The Bertz CT molecular complexity index is 1680. The number of nitrogens with zero attached hydrogens (tertiary/aromatic N) is 4. The molecule has 5 rings (SSSR count).